The van der Waals surface area contributed by atoms with Gasteiger partial charge in [0.2, 0.25) is 5.95 Å². The van der Waals surface area contributed by atoms with E-state index in [0.29, 0.717) is 29.4 Å². The highest BCUT2D eigenvalue weighted by Crippen LogP contribution is 2.23. The Labute approximate surface area is 165 Å². The molecular weight excluding hydrogens is 374 g/mol. The highest BCUT2D eigenvalue weighted by atomic mass is 32.1. The quantitative estimate of drug-likeness (QED) is 0.519. The van der Waals surface area contributed by atoms with Crippen LogP contribution in [0.2, 0.25) is 0 Å². The number of anilines is 1. The van der Waals surface area contributed by atoms with Gasteiger partial charge in [-0.1, -0.05) is 18.2 Å². The Hall–Kier alpha value is -3.26. The Morgan fingerprint density at radius 2 is 2.04 bits per heavy atom. The number of aromatic nitrogens is 4. The topological polar surface area (TPSA) is 73.1 Å². The molecule has 0 amide bonds. The van der Waals surface area contributed by atoms with Gasteiger partial charge in [-0.25, -0.2) is 9.97 Å². The van der Waals surface area contributed by atoms with E-state index in [9.17, 15) is 4.79 Å². The van der Waals surface area contributed by atoms with Gasteiger partial charge in [-0.3, -0.25) is 9.36 Å². The van der Waals surface area contributed by atoms with E-state index in [4.69, 9.17) is 4.74 Å². The van der Waals surface area contributed by atoms with Gasteiger partial charge in [0.15, 0.2) is 5.65 Å². The molecule has 1 aromatic carbocycles. The van der Waals surface area contributed by atoms with Crippen LogP contribution in [0.4, 0.5) is 5.95 Å². The summed E-state index contributed by atoms with van der Waals surface area (Å²) in [5, 5.41) is 1.93. The summed E-state index contributed by atoms with van der Waals surface area (Å²) in [6, 6.07) is 11.5. The molecule has 0 aliphatic rings. The molecule has 8 heteroatoms. The summed E-state index contributed by atoms with van der Waals surface area (Å²) in [6.45, 7) is 0.358. The number of thiophene rings is 1. The van der Waals surface area contributed by atoms with Gasteiger partial charge in [0.1, 0.15) is 17.0 Å². The van der Waals surface area contributed by atoms with Gasteiger partial charge >= 0.3 is 0 Å². The normalized spacial score (nSPS) is 11.0. The van der Waals surface area contributed by atoms with Crippen LogP contribution in [0.1, 0.15) is 5.56 Å². The average molecular weight is 393 g/mol. The molecule has 3 aromatic heterocycles. The smallest absolute Gasteiger partial charge is 0.279 e. The lowest BCUT2D eigenvalue weighted by atomic mass is 10.2. The van der Waals surface area contributed by atoms with Crippen molar-refractivity contribution < 1.29 is 4.74 Å². The van der Waals surface area contributed by atoms with Crippen LogP contribution < -0.4 is 15.2 Å². The summed E-state index contributed by atoms with van der Waals surface area (Å²) >= 11 is 1.48. The summed E-state index contributed by atoms with van der Waals surface area (Å²) in [6.07, 6.45) is 1.66. The van der Waals surface area contributed by atoms with E-state index in [2.05, 4.69) is 15.0 Å². The van der Waals surface area contributed by atoms with Crippen molar-refractivity contribution in [1.82, 2.24) is 19.5 Å². The van der Waals surface area contributed by atoms with Gasteiger partial charge in [0.25, 0.3) is 5.56 Å². The Balaban J connectivity index is 1.95. The molecule has 0 aliphatic carbocycles. The van der Waals surface area contributed by atoms with Gasteiger partial charge in [-0.05, 0) is 29.1 Å². The number of fused-ring (bicyclic) bond motifs is 1. The maximum atomic E-state index is 13.3. The van der Waals surface area contributed by atoms with E-state index in [1.165, 1.54) is 11.3 Å². The second-order valence-corrected chi connectivity index (χ2v) is 7.40. The lowest BCUT2D eigenvalue weighted by Gasteiger charge is -2.14. The number of methoxy groups -OCH3 is 1. The summed E-state index contributed by atoms with van der Waals surface area (Å²) in [4.78, 5) is 29.4. The van der Waals surface area contributed by atoms with Gasteiger partial charge in [0, 0.05) is 14.1 Å². The molecule has 0 radical (unpaired) electrons. The molecule has 0 saturated carbocycles. The molecule has 4 aromatic rings. The van der Waals surface area contributed by atoms with Gasteiger partial charge in [0.05, 0.1) is 24.7 Å². The van der Waals surface area contributed by atoms with E-state index in [-0.39, 0.29) is 5.56 Å². The first-order chi connectivity index (χ1) is 13.6. The van der Waals surface area contributed by atoms with Gasteiger partial charge < -0.3 is 9.64 Å². The third-order valence-electron chi connectivity index (χ3n) is 4.30. The first-order valence-corrected chi connectivity index (χ1v) is 9.56. The highest BCUT2D eigenvalue weighted by Gasteiger charge is 2.16. The zero-order chi connectivity index (χ0) is 19.7. The average Bonchev–Trinajstić information content (AvgIpc) is 3.24. The van der Waals surface area contributed by atoms with E-state index in [0.717, 1.165) is 16.2 Å². The Morgan fingerprint density at radius 1 is 1.18 bits per heavy atom. The number of hydrogen-bond acceptors (Lipinski definition) is 7. The molecule has 4 rings (SSSR count). The first-order valence-electron chi connectivity index (χ1n) is 8.68. The minimum atomic E-state index is -0.179. The molecule has 142 valence electrons. The fourth-order valence-electron chi connectivity index (χ4n) is 2.92. The molecule has 0 spiro atoms. The molecule has 0 saturated heterocycles. The predicted molar refractivity (Wildman–Crippen MR) is 111 cm³/mol. The SMILES string of the molecule is COc1cccc(Cn2c(=O)c(-c3cccs3)nc3cnc(N(C)C)nc32)c1. The van der Waals surface area contributed by atoms with Crippen LogP contribution in [0.3, 0.4) is 0 Å². The van der Waals surface area contributed by atoms with Crippen LogP contribution in [-0.2, 0) is 6.54 Å². The molecule has 3 heterocycles. The van der Waals surface area contributed by atoms with E-state index in [1.54, 1.807) is 22.8 Å². The van der Waals surface area contributed by atoms with Crippen LogP contribution in [0, 0.1) is 0 Å². The van der Waals surface area contributed by atoms with Crippen molar-refractivity contribution in [3.63, 3.8) is 0 Å². The second kappa shape index (κ2) is 7.40. The molecule has 0 aliphatic heterocycles. The van der Waals surface area contributed by atoms with Gasteiger partial charge in [-0.2, -0.15) is 4.98 Å². The largest absolute Gasteiger partial charge is 0.497 e. The van der Waals surface area contributed by atoms with Crippen LogP contribution in [0.25, 0.3) is 21.7 Å². The van der Waals surface area contributed by atoms with Crippen molar-refractivity contribution in [3.05, 3.63) is 63.9 Å². The summed E-state index contributed by atoms with van der Waals surface area (Å²) in [5.74, 6) is 1.27. The predicted octanol–water partition coefficient (Wildman–Crippen LogP) is 3.04. The molecule has 0 fully saturated rings. The molecule has 0 atom stereocenters. The third kappa shape index (κ3) is 3.34. The Morgan fingerprint density at radius 3 is 2.75 bits per heavy atom. The van der Waals surface area contributed by atoms with Crippen molar-refractivity contribution in [2.75, 3.05) is 26.1 Å². The minimum absolute atomic E-state index is 0.179. The number of hydrogen-bond donors (Lipinski definition) is 0. The van der Waals surface area contributed by atoms with Gasteiger partial charge in [-0.15, -0.1) is 11.3 Å². The molecule has 0 bridgehead atoms. The molecular formula is C20H19N5O2S. The fraction of sp³-hybridized carbons (Fsp3) is 0.200. The van der Waals surface area contributed by atoms with Crippen molar-refractivity contribution in [2.24, 2.45) is 0 Å². The van der Waals surface area contributed by atoms with E-state index < -0.39 is 0 Å². The van der Waals surface area contributed by atoms with Crippen molar-refractivity contribution >= 4 is 28.4 Å². The second-order valence-electron chi connectivity index (χ2n) is 6.45. The molecule has 7 nitrogen and oxygen atoms in total. The lowest BCUT2D eigenvalue weighted by Crippen LogP contribution is -2.25. The summed E-state index contributed by atoms with van der Waals surface area (Å²) in [7, 11) is 5.34. The number of rotatable bonds is 5. The third-order valence-corrected chi connectivity index (χ3v) is 5.18. The van der Waals surface area contributed by atoms with Crippen LogP contribution >= 0.6 is 11.3 Å². The monoisotopic (exact) mass is 393 g/mol. The summed E-state index contributed by atoms with van der Waals surface area (Å²) < 4.78 is 6.97. The number of nitrogens with zero attached hydrogens (tertiary/aromatic N) is 5. The van der Waals surface area contributed by atoms with Crippen molar-refractivity contribution in [1.29, 1.82) is 0 Å². The van der Waals surface area contributed by atoms with Crippen LogP contribution in [0.5, 0.6) is 5.75 Å². The van der Waals surface area contributed by atoms with Crippen LogP contribution in [-0.4, -0.2) is 40.7 Å². The zero-order valence-corrected chi connectivity index (χ0v) is 16.6. The fourth-order valence-corrected chi connectivity index (χ4v) is 3.62. The molecule has 0 N–H and O–H groups in total. The standard InChI is InChI=1S/C20H19N5O2S/c1-24(2)20-21-11-15-18(23-20)25(12-13-6-4-7-14(10-13)27-3)19(26)17(22-15)16-8-5-9-28-16/h4-11H,12H2,1-3H3. The van der Waals surface area contributed by atoms with Crippen LogP contribution in [0.15, 0.2) is 52.8 Å². The Kier molecular flexibility index (Phi) is 4.79. The number of benzene rings is 1. The lowest BCUT2D eigenvalue weighted by molar-refractivity contribution is 0.414. The van der Waals surface area contributed by atoms with Crippen molar-refractivity contribution in [3.8, 4) is 16.3 Å². The Bertz CT molecular complexity index is 1190. The summed E-state index contributed by atoms with van der Waals surface area (Å²) in [5.41, 5.74) is 2.26. The highest BCUT2D eigenvalue weighted by molar-refractivity contribution is 7.13. The minimum Gasteiger partial charge on any atom is -0.497 e. The molecule has 28 heavy (non-hydrogen) atoms. The zero-order valence-electron chi connectivity index (χ0n) is 15.8. The molecule has 0 unspecified atom stereocenters. The maximum absolute atomic E-state index is 13.3. The first kappa shape index (κ1) is 18.1. The number of ether oxygens (including phenoxy) is 1. The van der Waals surface area contributed by atoms with E-state index >= 15 is 0 Å². The maximum Gasteiger partial charge on any atom is 0.279 e. The van der Waals surface area contributed by atoms with Crippen molar-refractivity contribution in [2.45, 2.75) is 6.54 Å². The van der Waals surface area contributed by atoms with E-state index in [1.807, 2.05) is 55.9 Å².